The van der Waals surface area contributed by atoms with E-state index in [-0.39, 0.29) is 15.7 Å². The molecule has 0 aliphatic carbocycles. The Morgan fingerprint density at radius 2 is 1.90 bits per heavy atom. The van der Waals surface area contributed by atoms with Crippen molar-refractivity contribution in [3.63, 3.8) is 0 Å². The smallest absolute Gasteiger partial charge is 0.330 e. The minimum Gasteiger partial charge on any atom is -0.479 e. The van der Waals surface area contributed by atoms with E-state index in [0.717, 1.165) is 0 Å². The van der Waals surface area contributed by atoms with E-state index in [1.165, 1.54) is 18.3 Å². The number of halogens is 2. The summed E-state index contributed by atoms with van der Waals surface area (Å²) in [5.74, 6) is -1.79. The summed E-state index contributed by atoms with van der Waals surface area (Å²) in [5.41, 5.74) is 0.522. The number of carbonyl (C=O) groups excluding carboxylic acids is 1. The molecule has 21 heavy (non-hydrogen) atoms. The summed E-state index contributed by atoms with van der Waals surface area (Å²) < 4.78 is 0. The molecule has 2 aromatic rings. The molecule has 2 N–H and O–H groups in total. The molecular weight excluding hydrogens is 315 g/mol. The molecular formula is C14H10Cl2N2O3. The quantitative estimate of drug-likeness (QED) is 0.847. The highest BCUT2D eigenvalue weighted by Crippen LogP contribution is 2.23. The monoisotopic (exact) mass is 324 g/mol. The number of amides is 1. The van der Waals surface area contributed by atoms with Gasteiger partial charge in [-0.3, -0.25) is 4.79 Å². The normalized spacial score (nSPS) is 11.7. The Morgan fingerprint density at radius 1 is 1.19 bits per heavy atom. The molecule has 1 amide bonds. The predicted molar refractivity (Wildman–Crippen MR) is 78.5 cm³/mol. The van der Waals surface area contributed by atoms with Gasteiger partial charge in [-0.2, -0.15) is 0 Å². The lowest BCUT2D eigenvalue weighted by molar-refractivity contribution is -0.139. The Morgan fingerprint density at radius 3 is 2.52 bits per heavy atom. The van der Waals surface area contributed by atoms with Gasteiger partial charge in [0.1, 0.15) is 5.15 Å². The van der Waals surface area contributed by atoms with Crippen LogP contribution in [0.5, 0.6) is 0 Å². The van der Waals surface area contributed by atoms with Crippen LogP contribution in [0.3, 0.4) is 0 Å². The number of aromatic nitrogens is 1. The molecule has 1 atom stereocenters. The highest BCUT2D eigenvalue weighted by atomic mass is 35.5. The lowest BCUT2D eigenvalue weighted by Crippen LogP contribution is -2.34. The topological polar surface area (TPSA) is 79.3 Å². The van der Waals surface area contributed by atoms with Crippen LogP contribution < -0.4 is 5.32 Å². The molecule has 7 heteroatoms. The molecule has 0 aliphatic heterocycles. The van der Waals surface area contributed by atoms with Crippen LogP contribution in [-0.2, 0) is 4.79 Å². The number of rotatable bonds is 4. The number of carboxylic acids is 1. The summed E-state index contributed by atoms with van der Waals surface area (Å²) in [6, 6.07) is 7.96. The van der Waals surface area contributed by atoms with Crippen molar-refractivity contribution in [3.8, 4) is 0 Å². The molecule has 0 radical (unpaired) electrons. The fourth-order valence-corrected chi connectivity index (χ4v) is 2.16. The van der Waals surface area contributed by atoms with E-state index in [1.807, 2.05) is 0 Å². The molecule has 5 nitrogen and oxygen atoms in total. The van der Waals surface area contributed by atoms with E-state index in [4.69, 9.17) is 23.2 Å². The molecule has 0 saturated carbocycles. The van der Waals surface area contributed by atoms with Crippen molar-refractivity contribution < 1.29 is 14.7 Å². The zero-order chi connectivity index (χ0) is 15.4. The third-order valence-corrected chi connectivity index (χ3v) is 3.28. The largest absolute Gasteiger partial charge is 0.479 e. The van der Waals surface area contributed by atoms with Gasteiger partial charge in [-0.15, -0.1) is 0 Å². The zero-order valence-corrected chi connectivity index (χ0v) is 12.1. The molecule has 0 unspecified atom stereocenters. The fourth-order valence-electron chi connectivity index (χ4n) is 1.74. The number of carbonyl (C=O) groups is 2. The van der Waals surface area contributed by atoms with E-state index in [9.17, 15) is 14.7 Å². The second kappa shape index (κ2) is 6.56. The second-order valence-corrected chi connectivity index (χ2v) is 4.93. The van der Waals surface area contributed by atoms with Gasteiger partial charge in [0.25, 0.3) is 5.91 Å². The number of nitrogens with zero attached hydrogens (tertiary/aromatic N) is 1. The van der Waals surface area contributed by atoms with Gasteiger partial charge in [0.2, 0.25) is 0 Å². The molecule has 108 valence electrons. The Bertz CT molecular complexity index is 691. The maximum atomic E-state index is 12.1. The van der Waals surface area contributed by atoms with Crippen molar-refractivity contribution in [2.75, 3.05) is 0 Å². The van der Waals surface area contributed by atoms with Gasteiger partial charge in [0, 0.05) is 22.3 Å². The van der Waals surface area contributed by atoms with Crippen molar-refractivity contribution in [2.24, 2.45) is 0 Å². The number of carboxylic acid groups (broad SMARTS) is 1. The second-order valence-electron chi connectivity index (χ2n) is 4.13. The van der Waals surface area contributed by atoms with Crippen LogP contribution in [0.1, 0.15) is 22.0 Å². The number of hydrogen-bond acceptors (Lipinski definition) is 3. The third kappa shape index (κ3) is 3.71. The lowest BCUT2D eigenvalue weighted by Gasteiger charge is -2.16. The highest BCUT2D eigenvalue weighted by molar-refractivity contribution is 6.31. The molecule has 0 aliphatic rings. The first kappa shape index (κ1) is 15.3. The first-order valence-corrected chi connectivity index (χ1v) is 6.64. The standard InChI is InChI=1S/C14H10Cl2N2O3/c15-10-4-2-1-3-9(10)12(14(20)21)18-13(19)8-5-6-17-11(16)7-8/h1-7,12H,(H,18,19)(H,20,21)/t12-/m1/s1. The first-order valence-electron chi connectivity index (χ1n) is 5.88. The van der Waals surface area contributed by atoms with Gasteiger partial charge >= 0.3 is 5.97 Å². The Labute approximate surface area is 130 Å². The van der Waals surface area contributed by atoms with Crippen LogP contribution in [0.4, 0.5) is 0 Å². The number of pyridine rings is 1. The highest BCUT2D eigenvalue weighted by Gasteiger charge is 2.24. The maximum absolute atomic E-state index is 12.1. The van der Waals surface area contributed by atoms with Crippen LogP contribution in [0.25, 0.3) is 0 Å². The van der Waals surface area contributed by atoms with Gasteiger partial charge in [-0.25, -0.2) is 9.78 Å². The fraction of sp³-hybridized carbons (Fsp3) is 0.0714. The van der Waals surface area contributed by atoms with Gasteiger partial charge in [-0.1, -0.05) is 41.4 Å². The van der Waals surface area contributed by atoms with Crippen molar-refractivity contribution in [1.82, 2.24) is 10.3 Å². The molecule has 1 heterocycles. The van der Waals surface area contributed by atoms with E-state index in [2.05, 4.69) is 10.3 Å². The van der Waals surface area contributed by atoms with Gasteiger partial charge in [0.15, 0.2) is 6.04 Å². The van der Waals surface area contributed by atoms with Crippen LogP contribution in [0.2, 0.25) is 10.2 Å². The minimum atomic E-state index is -1.25. The van der Waals surface area contributed by atoms with Crippen LogP contribution in [0, 0.1) is 0 Å². The number of aliphatic carboxylic acids is 1. The molecule has 0 fully saturated rings. The minimum absolute atomic E-state index is 0.146. The van der Waals surface area contributed by atoms with Crippen molar-refractivity contribution in [1.29, 1.82) is 0 Å². The Balaban J connectivity index is 2.27. The van der Waals surface area contributed by atoms with Crippen LogP contribution in [0.15, 0.2) is 42.6 Å². The number of hydrogen-bond donors (Lipinski definition) is 2. The third-order valence-electron chi connectivity index (χ3n) is 2.73. The Hall–Kier alpha value is -2.11. The maximum Gasteiger partial charge on any atom is 0.330 e. The summed E-state index contributed by atoms with van der Waals surface area (Å²) in [6.07, 6.45) is 1.36. The van der Waals surface area contributed by atoms with Crippen LogP contribution in [-0.4, -0.2) is 22.0 Å². The van der Waals surface area contributed by atoms with E-state index >= 15 is 0 Å². The predicted octanol–water partition coefficient (Wildman–Crippen LogP) is 2.94. The van der Waals surface area contributed by atoms with Crippen molar-refractivity contribution in [3.05, 3.63) is 63.9 Å². The van der Waals surface area contributed by atoms with Crippen molar-refractivity contribution in [2.45, 2.75) is 6.04 Å². The average Bonchev–Trinajstić information content (AvgIpc) is 2.45. The molecule has 0 spiro atoms. The SMILES string of the molecule is O=C(N[C@@H](C(=O)O)c1ccccc1Cl)c1ccnc(Cl)c1. The van der Waals surface area contributed by atoms with E-state index < -0.39 is 17.9 Å². The first-order chi connectivity index (χ1) is 9.99. The van der Waals surface area contributed by atoms with E-state index in [0.29, 0.717) is 5.56 Å². The summed E-state index contributed by atoms with van der Waals surface area (Å²) in [5, 5.41) is 12.1. The van der Waals surface area contributed by atoms with E-state index in [1.54, 1.807) is 24.3 Å². The Kier molecular flexibility index (Phi) is 4.77. The summed E-state index contributed by atoms with van der Waals surface area (Å²) in [4.78, 5) is 27.2. The van der Waals surface area contributed by atoms with Gasteiger partial charge in [0.05, 0.1) is 0 Å². The van der Waals surface area contributed by atoms with Crippen LogP contribution >= 0.6 is 23.2 Å². The molecule has 1 aromatic carbocycles. The molecule has 0 bridgehead atoms. The summed E-state index contributed by atoms with van der Waals surface area (Å²) >= 11 is 11.7. The molecule has 1 aromatic heterocycles. The lowest BCUT2D eigenvalue weighted by atomic mass is 10.1. The molecule has 2 rings (SSSR count). The number of benzene rings is 1. The zero-order valence-electron chi connectivity index (χ0n) is 10.6. The summed E-state index contributed by atoms with van der Waals surface area (Å²) in [6.45, 7) is 0. The molecule has 0 saturated heterocycles. The average molecular weight is 325 g/mol. The van der Waals surface area contributed by atoms with Crippen molar-refractivity contribution >= 4 is 35.1 Å². The van der Waals surface area contributed by atoms with Gasteiger partial charge in [-0.05, 0) is 18.2 Å². The number of nitrogens with one attached hydrogen (secondary N) is 1. The summed E-state index contributed by atoms with van der Waals surface area (Å²) in [7, 11) is 0. The van der Waals surface area contributed by atoms with Gasteiger partial charge < -0.3 is 10.4 Å².